The van der Waals surface area contributed by atoms with Gasteiger partial charge in [-0.15, -0.1) is 0 Å². The Balaban J connectivity index is 2.08. The summed E-state index contributed by atoms with van der Waals surface area (Å²) >= 11 is 0. The van der Waals surface area contributed by atoms with E-state index in [2.05, 4.69) is 4.90 Å². The lowest BCUT2D eigenvalue weighted by molar-refractivity contribution is -0.608. The highest BCUT2D eigenvalue weighted by Crippen LogP contribution is 2.28. The molecule has 1 unspecified atom stereocenters. The van der Waals surface area contributed by atoms with Gasteiger partial charge in [-0.05, 0) is 12.8 Å². The molecule has 0 amide bonds. The summed E-state index contributed by atoms with van der Waals surface area (Å²) in [7, 11) is 0. The molecule has 1 fully saturated rings. The van der Waals surface area contributed by atoms with E-state index < -0.39 is 0 Å². The second-order valence-corrected chi connectivity index (χ2v) is 3.78. The molecule has 2 aliphatic heterocycles. The molecule has 0 N–H and O–H groups in total. The Morgan fingerprint density at radius 2 is 2.00 bits per heavy atom. The Morgan fingerprint density at radius 1 is 1.33 bits per heavy atom. The predicted molar refractivity (Wildman–Crippen MR) is 46.6 cm³/mol. The van der Waals surface area contributed by atoms with Crippen LogP contribution in [0.2, 0.25) is 0 Å². The summed E-state index contributed by atoms with van der Waals surface area (Å²) in [5.41, 5.74) is -0.319. The molecule has 1 atom stereocenters. The van der Waals surface area contributed by atoms with Crippen LogP contribution in [0.15, 0.2) is 12.3 Å². The second-order valence-electron chi connectivity index (χ2n) is 3.78. The molecular weight excluding hydrogens is 152 g/mol. The maximum atomic E-state index is 11.2. The van der Waals surface area contributed by atoms with Crippen LogP contribution in [0.4, 0.5) is 0 Å². The van der Waals surface area contributed by atoms with Gasteiger partial charge in [-0.1, -0.05) is 6.42 Å². The van der Waals surface area contributed by atoms with Crippen molar-refractivity contribution in [2.24, 2.45) is 0 Å². The van der Waals surface area contributed by atoms with Gasteiger partial charge in [0.15, 0.2) is 0 Å². The maximum absolute atomic E-state index is 11.2. The third-order valence-electron chi connectivity index (χ3n) is 2.97. The van der Waals surface area contributed by atoms with Crippen LogP contribution in [0.5, 0.6) is 0 Å². The van der Waals surface area contributed by atoms with Crippen LogP contribution in [0.25, 0.3) is 0 Å². The van der Waals surface area contributed by atoms with E-state index in [1.165, 1.54) is 19.3 Å². The number of hydrogen-bond donors (Lipinski definition) is 0. The Bertz CT molecular complexity index is 231. The van der Waals surface area contributed by atoms with Crippen molar-refractivity contribution in [1.82, 2.24) is 4.90 Å². The first kappa shape index (κ1) is 7.92. The quantitative estimate of drug-likeness (QED) is 0.552. The van der Waals surface area contributed by atoms with E-state index in [9.17, 15) is 4.91 Å². The van der Waals surface area contributed by atoms with Crippen molar-refractivity contribution in [1.29, 1.82) is 0 Å². The molecule has 0 aromatic heterocycles. The average molecular weight is 167 g/mol. The zero-order chi connectivity index (χ0) is 8.60. The standard InChI is InChI=1S/C9H15N2O/c1-9(5-8-11(9)12)10-6-3-2-4-7-10/h5,8H,2-4,6-7H2,1H3/q+1. The molecule has 0 saturated carbocycles. The van der Waals surface area contributed by atoms with E-state index in [1.54, 1.807) is 6.20 Å². The first-order valence-corrected chi connectivity index (χ1v) is 4.64. The third kappa shape index (κ3) is 1.00. The third-order valence-corrected chi connectivity index (χ3v) is 2.97. The molecule has 0 bridgehead atoms. The zero-order valence-corrected chi connectivity index (χ0v) is 7.49. The molecule has 0 aliphatic carbocycles. The van der Waals surface area contributed by atoms with E-state index in [-0.39, 0.29) is 5.66 Å². The summed E-state index contributed by atoms with van der Waals surface area (Å²) in [5.74, 6) is 0. The summed E-state index contributed by atoms with van der Waals surface area (Å²) < 4.78 is 1.05. The predicted octanol–water partition coefficient (Wildman–Crippen LogP) is 1.49. The molecule has 66 valence electrons. The second kappa shape index (κ2) is 2.66. The average Bonchev–Trinajstić information content (AvgIpc) is 2.16. The first-order chi connectivity index (χ1) is 5.73. The number of likely N-dealkylation sites (tertiary alicyclic amines) is 1. The molecule has 2 rings (SSSR count). The van der Waals surface area contributed by atoms with E-state index in [1.807, 2.05) is 13.0 Å². The Hall–Kier alpha value is -0.700. The normalized spacial score (nSPS) is 36.6. The molecule has 2 aliphatic rings. The van der Waals surface area contributed by atoms with Gasteiger partial charge in [-0.25, -0.2) is 4.90 Å². The molecule has 12 heavy (non-hydrogen) atoms. The van der Waals surface area contributed by atoms with Crippen LogP contribution >= 0.6 is 0 Å². The van der Waals surface area contributed by atoms with Gasteiger partial charge in [0, 0.05) is 24.9 Å². The Labute approximate surface area is 72.6 Å². The highest BCUT2D eigenvalue weighted by Gasteiger charge is 2.50. The highest BCUT2D eigenvalue weighted by atomic mass is 16.3. The summed E-state index contributed by atoms with van der Waals surface area (Å²) in [4.78, 5) is 13.5. The number of nitrogens with zero attached hydrogens (tertiary/aromatic N) is 2. The Morgan fingerprint density at radius 3 is 2.42 bits per heavy atom. The number of rotatable bonds is 1. The zero-order valence-electron chi connectivity index (χ0n) is 7.49. The van der Waals surface area contributed by atoms with Gasteiger partial charge in [0.25, 0.3) is 5.66 Å². The number of hydrogen-bond acceptors (Lipinski definition) is 2. The maximum Gasteiger partial charge on any atom is 0.294 e. The summed E-state index contributed by atoms with van der Waals surface area (Å²) in [5, 5.41) is 0. The molecule has 2 heterocycles. The minimum absolute atomic E-state index is 0.319. The van der Waals surface area contributed by atoms with Crippen molar-refractivity contribution in [3.05, 3.63) is 17.2 Å². The number of nitroso groups, excluding NO2 is 1. The summed E-state index contributed by atoms with van der Waals surface area (Å²) in [6.45, 7) is 4.13. The van der Waals surface area contributed by atoms with Gasteiger partial charge in [0.2, 0.25) is 6.20 Å². The lowest BCUT2D eigenvalue weighted by Gasteiger charge is -2.36. The Kier molecular flexibility index (Phi) is 1.76. The van der Waals surface area contributed by atoms with Crippen molar-refractivity contribution in [3.63, 3.8) is 0 Å². The summed E-state index contributed by atoms with van der Waals surface area (Å²) in [6, 6.07) is 0. The minimum Gasteiger partial charge on any atom is -0.236 e. The minimum atomic E-state index is -0.319. The van der Waals surface area contributed by atoms with Crippen LogP contribution in [0.3, 0.4) is 0 Å². The SMILES string of the molecule is CC1(N2CCCCC2)C=C[N+]1=O. The van der Waals surface area contributed by atoms with Gasteiger partial charge in [0.05, 0.1) is 10.8 Å². The smallest absolute Gasteiger partial charge is 0.236 e. The van der Waals surface area contributed by atoms with Crippen molar-refractivity contribution in [3.8, 4) is 0 Å². The van der Waals surface area contributed by atoms with Crippen molar-refractivity contribution < 1.29 is 4.76 Å². The van der Waals surface area contributed by atoms with Crippen molar-refractivity contribution in [2.75, 3.05) is 13.1 Å². The fraction of sp³-hybridized carbons (Fsp3) is 0.778. The highest BCUT2D eigenvalue weighted by molar-refractivity contribution is 5.03. The van der Waals surface area contributed by atoms with Gasteiger partial charge in [0.1, 0.15) is 0 Å². The fourth-order valence-electron chi connectivity index (χ4n) is 1.94. The monoisotopic (exact) mass is 167 g/mol. The van der Waals surface area contributed by atoms with E-state index >= 15 is 0 Å². The molecule has 3 nitrogen and oxygen atoms in total. The topological polar surface area (TPSA) is 23.3 Å². The summed E-state index contributed by atoms with van der Waals surface area (Å²) in [6.07, 6.45) is 7.38. The molecule has 0 radical (unpaired) electrons. The van der Waals surface area contributed by atoms with Gasteiger partial charge in [-0.3, -0.25) is 0 Å². The van der Waals surface area contributed by atoms with Crippen LogP contribution < -0.4 is 0 Å². The largest absolute Gasteiger partial charge is 0.294 e. The van der Waals surface area contributed by atoms with Crippen LogP contribution in [-0.2, 0) is 0 Å². The van der Waals surface area contributed by atoms with Crippen LogP contribution in [0, 0.1) is 4.91 Å². The van der Waals surface area contributed by atoms with E-state index in [4.69, 9.17) is 0 Å². The van der Waals surface area contributed by atoms with Crippen molar-refractivity contribution >= 4 is 0 Å². The molecule has 3 heteroatoms. The lowest BCUT2D eigenvalue weighted by atomic mass is 10.0. The van der Waals surface area contributed by atoms with Crippen LogP contribution in [-0.4, -0.2) is 28.4 Å². The first-order valence-electron chi connectivity index (χ1n) is 4.64. The van der Waals surface area contributed by atoms with Crippen molar-refractivity contribution in [2.45, 2.75) is 31.8 Å². The fourth-order valence-corrected chi connectivity index (χ4v) is 1.94. The van der Waals surface area contributed by atoms with Gasteiger partial charge < -0.3 is 0 Å². The lowest BCUT2D eigenvalue weighted by Crippen LogP contribution is -2.56. The number of piperidine rings is 1. The molecule has 0 spiro atoms. The van der Waals surface area contributed by atoms with Crippen LogP contribution in [0.1, 0.15) is 26.2 Å². The van der Waals surface area contributed by atoms with Gasteiger partial charge >= 0.3 is 0 Å². The molecular formula is C9H15N2O+. The molecule has 0 aromatic rings. The van der Waals surface area contributed by atoms with E-state index in [0.29, 0.717) is 0 Å². The molecule has 1 saturated heterocycles. The van der Waals surface area contributed by atoms with E-state index in [0.717, 1.165) is 17.8 Å². The van der Waals surface area contributed by atoms with Gasteiger partial charge in [-0.2, -0.15) is 0 Å². The molecule has 0 aromatic carbocycles.